The van der Waals surface area contributed by atoms with Crippen LogP contribution in [0.1, 0.15) is 6.42 Å². The van der Waals surface area contributed by atoms with Crippen LogP contribution in [0, 0.1) is 22.7 Å². The van der Waals surface area contributed by atoms with Crippen molar-refractivity contribution in [2.75, 3.05) is 17.2 Å². The maximum Gasteiger partial charge on any atom is 0.159 e. The van der Waals surface area contributed by atoms with Crippen molar-refractivity contribution in [3.63, 3.8) is 0 Å². The van der Waals surface area contributed by atoms with E-state index in [2.05, 4.69) is 4.90 Å². The SMILES string of the molecule is N#CC(C#N)=C1SCCCN1c1ccccc1. The summed E-state index contributed by atoms with van der Waals surface area (Å²) in [6.45, 7) is 0.860. The van der Waals surface area contributed by atoms with Crippen LogP contribution >= 0.6 is 11.8 Å². The lowest BCUT2D eigenvalue weighted by atomic mass is 10.2. The molecule has 4 heteroatoms. The molecule has 1 aliphatic rings. The zero-order chi connectivity index (χ0) is 12.1. The van der Waals surface area contributed by atoms with E-state index in [1.54, 1.807) is 11.8 Å². The van der Waals surface area contributed by atoms with Crippen LogP contribution < -0.4 is 4.90 Å². The molecule has 0 atom stereocenters. The smallest absolute Gasteiger partial charge is 0.159 e. The lowest BCUT2D eigenvalue weighted by Gasteiger charge is -2.30. The van der Waals surface area contributed by atoms with Gasteiger partial charge in [-0.25, -0.2) is 0 Å². The molecule has 0 bridgehead atoms. The third kappa shape index (κ3) is 2.43. The molecule has 0 radical (unpaired) electrons. The Kier molecular flexibility index (Phi) is 3.69. The second-order valence-electron chi connectivity index (χ2n) is 3.59. The van der Waals surface area contributed by atoms with Crippen molar-refractivity contribution in [3.05, 3.63) is 40.9 Å². The average molecular weight is 241 g/mol. The molecule has 3 nitrogen and oxygen atoms in total. The Hall–Kier alpha value is -1.91. The number of rotatable bonds is 1. The van der Waals surface area contributed by atoms with Crippen molar-refractivity contribution in [2.24, 2.45) is 0 Å². The van der Waals surface area contributed by atoms with E-state index in [-0.39, 0.29) is 5.57 Å². The van der Waals surface area contributed by atoms with Gasteiger partial charge in [-0.15, -0.1) is 11.8 Å². The highest BCUT2D eigenvalue weighted by atomic mass is 32.2. The maximum atomic E-state index is 8.97. The highest BCUT2D eigenvalue weighted by Crippen LogP contribution is 2.33. The molecule has 1 aromatic carbocycles. The Labute approximate surface area is 105 Å². The van der Waals surface area contributed by atoms with Crippen LogP contribution in [-0.4, -0.2) is 12.3 Å². The minimum absolute atomic E-state index is 0.207. The summed E-state index contributed by atoms with van der Waals surface area (Å²) in [4.78, 5) is 2.05. The Bertz CT molecular complexity index is 492. The number of thioether (sulfide) groups is 1. The molecule has 1 aliphatic heterocycles. The number of hydrogen-bond acceptors (Lipinski definition) is 4. The topological polar surface area (TPSA) is 50.8 Å². The quantitative estimate of drug-likeness (QED) is 0.709. The lowest BCUT2D eigenvalue weighted by molar-refractivity contribution is 0.861. The largest absolute Gasteiger partial charge is 0.335 e. The van der Waals surface area contributed by atoms with Crippen molar-refractivity contribution in [1.82, 2.24) is 0 Å². The molecule has 1 heterocycles. The monoisotopic (exact) mass is 241 g/mol. The van der Waals surface area contributed by atoms with Gasteiger partial charge in [0.15, 0.2) is 5.57 Å². The van der Waals surface area contributed by atoms with Crippen molar-refractivity contribution in [2.45, 2.75) is 6.42 Å². The molecular formula is C13H11N3S. The normalized spacial score (nSPS) is 14.9. The first-order valence-corrected chi connectivity index (χ1v) is 6.35. The first kappa shape index (κ1) is 11.6. The molecule has 0 N–H and O–H groups in total. The number of hydrogen-bond donors (Lipinski definition) is 0. The summed E-state index contributed by atoms with van der Waals surface area (Å²) in [5, 5.41) is 18.7. The second kappa shape index (κ2) is 5.43. The van der Waals surface area contributed by atoms with Gasteiger partial charge >= 0.3 is 0 Å². The molecule has 1 fully saturated rings. The number of anilines is 1. The van der Waals surface area contributed by atoms with Gasteiger partial charge in [-0.05, 0) is 18.6 Å². The number of benzene rings is 1. The molecule has 17 heavy (non-hydrogen) atoms. The zero-order valence-corrected chi connectivity index (χ0v) is 10.1. The van der Waals surface area contributed by atoms with E-state index in [0.29, 0.717) is 0 Å². The third-order valence-electron chi connectivity index (χ3n) is 2.52. The molecule has 0 spiro atoms. The van der Waals surface area contributed by atoms with Crippen LogP contribution in [0.3, 0.4) is 0 Å². The summed E-state index contributed by atoms with van der Waals surface area (Å²) in [5.74, 6) is 0.964. The lowest BCUT2D eigenvalue weighted by Crippen LogP contribution is -2.27. The summed E-state index contributed by atoms with van der Waals surface area (Å²) < 4.78 is 0. The average Bonchev–Trinajstić information content (AvgIpc) is 2.42. The van der Waals surface area contributed by atoms with Crippen LogP contribution in [0.2, 0.25) is 0 Å². The van der Waals surface area contributed by atoms with Crippen molar-refractivity contribution in [1.29, 1.82) is 10.5 Å². The third-order valence-corrected chi connectivity index (χ3v) is 3.71. The molecule has 1 aromatic rings. The van der Waals surface area contributed by atoms with E-state index in [9.17, 15) is 0 Å². The van der Waals surface area contributed by atoms with E-state index in [0.717, 1.165) is 29.4 Å². The number of nitriles is 2. The molecule has 0 aliphatic carbocycles. The Morgan fingerprint density at radius 3 is 2.53 bits per heavy atom. The molecular weight excluding hydrogens is 230 g/mol. The fraction of sp³-hybridized carbons (Fsp3) is 0.231. The van der Waals surface area contributed by atoms with Crippen LogP contribution in [-0.2, 0) is 0 Å². The predicted molar refractivity (Wildman–Crippen MR) is 69.1 cm³/mol. The fourth-order valence-electron chi connectivity index (χ4n) is 1.75. The second-order valence-corrected chi connectivity index (χ2v) is 4.68. The fourth-order valence-corrected chi connectivity index (χ4v) is 2.81. The van der Waals surface area contributed by atoms with Gasteiger partial charge in [0.1, 0.15) is 17.2 Å². The standard InChI is InChI=1S/C13H11N3S/c14-9-11(10-15)13-16(7-4-8-17-13)12-5-2-1-3-6-12/h1-3,5-6H,4,7-8H2. The van der Waals surface area contributed by atoms with Gasteiger partial charge in [-0.3, -0.25) is 0 Å². The Balaban J connectivity index is 2.42. The summed E-state index contributed by atoms with van der Waals surface area (Å²) >= 11 is 1.58. The van der Waals surface area contributed by atoms with Gasteiger partial charge < -0.3 is 4.90 Å². The van der Waals surface area contributed by atoms with Crippen molar-refractivity contribution >= 4 is 17.4 Å². The molecule has 0 saturated carbocycles. The van der Waals surface area contributed by atoms with Crippen LogP contribution in [0.4, 0.5) is 5.69 Å². The van der Waals surface area contributed by atoms with E-state index in [1.807, 2.05) is 42.5 Å². The number of nitrogens with zero attached hydrogens (tertiary/aromatic N) is 3. The summed E-state index contributed by atoms with van der Waals surface area (Å²) in [6.07, 6.45) is 1.06. The van der Waals surface area contributed by atoms with E-state index >= 15 is 0 Å². The van der Waals surface area contributed by atoms with Gasteiger partial charge in [0.25, 0.3) is 0 Å². The predicted octanol–water partition coefficient (Wildman–Crippen LogP) is 2.89. The van der Waals surface area contributed by atoms with Crippen LogP contribution in [0.25, 0.3) is 0 Å². The van der Waals surface area contributed by atoms with Crippen LogP contribution in [0.15, 0.2) is 40.9 Å². The van der Waals surface area contributed by atoms with Gasteiger partial charge in [-0.1, -0.05) is 18.2 Å². The highest BCUT2D eigenvalue weighted by molar-refractivity contribution is 8.03. The number of allylic oxidation sites excluding steroid dienone is 1. The maximum absolute atomic E-state index is 8.97. The molecule has 0 aromatic heterocycles. The molecule has 0 amide bonds. The zero-order valence-electron chi connectivity index (χ0n) is 9.26. The Morgan fingerprint density at radius 2 is 1.88 bits per heavy atom. The van der Waals surface area contributed by atoms with Gasteiger partial charge in [0, 0.05) is 18.0 Å². The molecule has 2 rings (SSSR count). The van der Waals surface area contributed by atoms with E-state index in [1.165, 1.54) is 0 Å². The van der Waals surface area contributed by atoms with E-state index < -0.39 is 0 Å². The first-order valence-electron chi connectivity index (χ1n) is 5.36. The summed E-state index contributed by atoms with van der Waals surface area (Å²) in [5.41, 5.74) is 1.25. The Morgan fingerprint density at radius 1 is 1.18 bits per heavy atom. The highest BCUT2D eigenvalue weighted by Gasteiger charge is 2.21. The van der Waals surface area contributed by atoms with E-state index in [4.69, 9.17) is 10.5 Å². The first-order chi connectivity index (χ1) is 8.36. The van der Waals surface area contributed by atoms with Crippen LogP contribution in [0.5, 0.6) is 0 Å². The minimum Gasteiger partial charge on any atom is -0.335 e. The minimum atomic E-state index is 0.207. The summed E-state index contributed by atoms with van der Waals surface area (Å²) in [6, 6.07) is 13.8. The van der Waals surface area contributed by atoms with Gasteiger partial charge in [0.2, 0.25) is 0 Å². The molecule has 0 unspecified atom stereocenters. The van der Waals surface area contributed by atoms with Gasteiger partial charge in [-0.2, -0.15) is 10.5 Å². The summed E-state index contributed by atoms with van der Waals surface area (Å²) in [7, 11) is 0. The van der Waals surface area contributed by atoms with Crippen molar-refractivity contribution in [3.8, 4) is 12.1 Å². The van der Waals surface area contributed by atoms with Gasteiger partial charge in [0.05, 0.1) is 0 Å². The van der Waals surface area contributed by atoms with Crippen molar-refractivity contribution < 1.29 is 0 Å². The molecule has 1 saturated heterocycles. The number of para-hydroxylation sites is 1. The molecule has 84 valence electrons.